The van der Waals surface area contributed by atoms with Crippen molar-refractivity contribution < 1.29 is 0 Å². The lowest BCUT2D eigenvalue weighted by Gasteiger charge is -2.33. The molecular formula is C11H24N4S. The smallest absolute Gasteiger partial charge is 0.0740 e. The first-order chi connectivity index (χ1) is 7.58. The molecule has 0 aromatic heterocycles. The molecule has 0 saturated carbocycles. The molecule has 2 N–H and O–H groups in total. The number of thiocarbonyl (C=S) groups is 1. The van der Waals surface area contributed by atoms with Crippen LogP contribution >= 0.6 is 12.2 Å². The number of hydrogen-bond acceptors (Lipinski definition) is 4. The van der Waals surface area contributed by atoms with E-state index in [9.17, 15) is 0 Å². The van der Waals surface area contributed by atoms with Crippen LogP contribution in [-0.2, 0) is 0 Å². The summed E-state index contributed by atoms with van der Waals surface area (Å²) in [4.78, 5) is 7.83. The molecular weight excluding hydrogens is 220 g/mol. The molecule has 0 bridgehead atoms. The van der Waals surface area contributed by atoms with Crippen molar-refractivity contribution in [1.82, 2.24) is 14.7 Å². The van der Waals surface area contributed by atoms with E-state index >= 15 is 0 Å². The van der Waals surface area contributed by atoms with E-state index in [1.165, 1.54) is 26.2 Å². The summed E-state index contributed by atoms with van der Waals surface area (Å²) >= 11 is 4.87. The van der Waals surface area contributed by atoms with Crippen LogP contribution in [0.3, 0.4) is 0 Å². The van der Waals surface area contributed by atoms with Crippen molar-refractivity contribution in [2.45, 2.75) is 6.42 Å². The number of nitrogens with zero attached hydrogens (tertiary/aromatic N) is 3. The maximum atomic E-state index is 5.48. The quantitative estimate of drug-likeness (QED) is 0.657. The maximum Gasteiger partial charge on any atom is 0.0740 e. The molecule has 1 fully saturated rings. The average Bonchev–Trinajstić information content (AvgIpc) is 2.25. The first kappa shape index (κ1) is 13.8. The van der Waals surface area contributed by atoms with Crippen LogP contribution in [0.25, 0.3) is 0 Å². The van der Waals surface area contributed by atoms with Crippen LogP contribution in [0, 0.1) is 0 Å². The van der Waals surface area contributed by atoms with E-state index in [2.05, 4.69) is 28.8 Å². The molecule has 5 heteroatoms. The number of likely N-dealkylation sites (N-methyl/N-ethyl adjacent to an activating group) is 2. The molecule has 0 aromatic rings. The fourth-order valence-electron chi connectivity index (χ4n) is 1.80. The highest BCUT2D eigenvalue weighted by Gasteiger charge is 2.13. The fourth-order valence-corrected chi connectivity index (χ4v) is 1.89. The fraction of sp³-hybridized carbons (Fsp3) is 0.909. The number of rotatable bonds is 6. The normalized spacial score (nSPS) is 19.2. The van der Waals surface area contributed by atoms with E-state index in [1.54, 1.807) is 0 Å². The number of piperazine rings is 1. The Kier molecular flexibility index (Phi) is 6.20. The number of nitrogens with two attached hydrogens (primary N) is 1. The van der Waals surface area contributed by atoms with Gasteiger partial charge in [0.15, 0.2) is 0 Å². The van der Waals surface area contributed by atoms with Gasteiger partial charge in [-0.2, -0.15) is 0 Å². The minimum absolute atomic E-state index is 0.617. The summed E-state index contributed by atoms with van der Waals surface area (Å²) in [6, 6.07) is 0. The summed E-state index contributed by atoms with van der Waals surface area (Å²) in [6.45, 7) is 8.00. The summed E-state index contributed by atoms with van der Waals surface area (Å²) in [6.07, 6.45) is 0.828. The first-order valence-corrected chi connectivity index (χ1v) is 6.36. The maximum absolute atomic E-state index is 5.48. The zero-order valence-corrected chi connectivity index (χ0v) is 11.3. The van der Waals surface area contributed by atoms with Crippen molar-refractivity contribution in [3.63, 3.8) is 0 Å². The van der Waals surface area contributed by atoms with Crippen molar-refractivity contribution in [3.05, 3.63) is 0 Å². The van der Waals surface area contributed by atoms with Gasteiger partial charge in [0.1, 0.15) is 0 Å². The Bertz CT molecular complexity index is 214. The molecule has 1 rings (SSSR count). The largest absolute Gasteiger partial charge is 0.393 e. The van der Waals surface area contributed by atoms with E-state index in [1.807, 2.05) is 0 Å². The Morgan fingerprint density at radius 3 is 2.44 bits per heavy atom. The van der Waals surface area contributed by atoms with Crippen LogP contribution in [0.2, 0.25) is 0 Å². The van der Waals surface area contributed by atoms with Gasteiger partial charge in [-0.15, -0.1) is 0 Å². The topological polar surface area (TPSA) is 35.7 Å². The monoisotopic (exact) mass is 244 g/mol. The zero-order chi connectivity index (χ0) is 12.0. The minimum atomic E-state index is 0.617. The van der Waals surface area contributed by atoms with Crippen LogP contribution in [0.4, 0.5) is 0 Å². The van der Waals surface area contributed by atoms with E-state index in [0.29, 0.717) is 4.99 Å². The Morgan fingerprint density at radius 2 is 1.88 bits per heavy atom. The highest BCUT2D eigenvalue weighted by atomic mass is 32.1. The molecule has 1 aliphatic rings. The Balaban J connectivity index is 2.07. The van der Waals surface area contributed by atoms with Crippen molar-refractivity contribution in [3.8, 4) is 0 Å². The third-order valence-electron chi connectivity index (χ3n) is 3.13. The van der Waals surface area contributed by atoms with Gasteiger partial charge in [-0.05, 0) is 14.1 Å². The molecule has 0 atom stereocenters. The predicted octanol–water partition coefficient (Wildman–Crippen LogP) is -0.158. The standard InChI is InChI=1S/C11H24N4S/c1-13(4-3-11(12)16)5-8-15-9-6-14(2)7-10-15/h3-10H2,1-2H3,(H2,12,16). The average molecular weight is 244 g/mol. The number of hydrogen-bond donors (Lipinski definition) is 1. The molecule has 1 aliphatic heterocycles. The Labute approximate surface area is 104 Å². The SMILES string of the molecule is CN(CCC(N)=S)CCN1CCN(C)CC1. The van der Waals surface area contributed by atoms with Crippen LogP contribution in [0.1, 0.15) is 6.42 Å². The van der Waals surface area contributed by atoms with E-state index in [-0.39, 0.29) is 0 Å². The van der Waals surface area contributed by atoms with Gasteiger partial charge in [0, 0.05) is 52.2 Å². The van der Waals surface area contributed by atoms with E-state index in [4.69, 9.17) is 18.0 Å². The second-order valence-corrected chi connectivity index (χ2v) is 5.19. The summed E-state index contributed by atoms with van der Waals surface area (Å²) in [5.74, 6) is 0. The zero-order valence-electron chi connectivity index (χ0n) is 10.5. The second kappa shape index (κ2) is 7.17. The van der Waals surface area contributed by atoms with Crippen LogP contribution in [-0.4, -0.2) is 79.6 Å². The summed E-state index contributed by atoms with van der Waals surface area (Å²) in [5.41, 5.74) is 5.48. The van der Waals surface area contributed by atoms with Gasteiger partial charge >= 0.3 is 0 Å². The lowest BCUT2D eigenvalue weighted by molar-refractivity contribution is 0.141. The van der Waals surface area contributed by atoms with Gasteiger partial charge < -0.3 is 15.5 Å². The van der Waals surface area contributed by atoms with Crippen molar-refractivity contribution in [2.75, 3.05) is 59.9 Å². The summed E-state index contributed by atoms with van der Waals surface area (Å²) in [5, 5.41) is 0. The van der Waals surface area contributed by atoms with Gasteiger partial charge in [-0.25, -0.2) is 0 Å². The summed E-state index contributed by atoms with van der Waals surface area (Å²) < 4.78 is 0. The second-order valence-electron chi connectivity index (χ2n) is 4.66. The lowest BCUT2D eigenvalue weighted by Crippen LogP contribution is -2.46. The van der Waals surface area contributed by atoms with Crippen LogP contribution in [0.15, 0.2) is 0 Å². The third kappa shape index (κ3) is 5.75. The molecule has 0 spiro atoms. The van der Waals surface area contributed by atoms with Crippen molar-refractivity contribution in [2.24, 2.45) is 5.73 Å². The lowest BCUT2D eigenvalue weighted by atomic mass is 10.3. The molecule has 0 amide bonds. The van der Waals surface area contributed by atoms with Gasteiger partial charge in [0.05, 0.1) is 4.99 Å². The van der Waals surface area contributed by atoms with Crippen molar-refractivity contribution >= 4 is 17.2 Å². The highest BCUT2D eigenvalue weighted by Crippen LogP contribution is 1.99. The molecule has 4 nitrogen and oxygen atoms in total. The summed E-state index contributed by atoms with van der Waals surface area (Å²) in [7, 11) is 4.32. The van der Waals surface area contributed by atoms with Gasteiger partial charge in [-0.3, -0.25) is 4.90 Å². The minimum Gasteiger partial charge on any atom is -0.393 e. The van der Waals surface area contributed by atoms with Crippen LogP contribution < -0.4 is 5.73 Å². The van der Waals surface area contributed by atoms with Crippen LogP contribution in [0.5, 0.6) is 0 Å². The van der Waals surface area contributed by atoms with Gasteiger partial charge in [-0.1, -0.05) is 12.2 Å². The molecule has 1 heterocycles. The van der Waals surface area contributed by atoms with Crippen molar-refractivity contribution in [1.29, 1.82) is 0 Å². The van der Waals surface area contributed by atoms with Gasteiger partial charge in [0.25, 0.3) is 0 Å². The third-order valence-corrected chi connectivity index (χ3v) is 3.34. The Hall–Kier alpha value is -0.230. The Morgan fingerprint density at radius 1 is 1.25 bits per heavy atom. The molecule has 0 unspecified atom stereocenters. The molecule has 0 radical (unpaired) electrons. The van der Waals surface area contributed by atoms with Gasteiger partial charge in [0.2, 0.25) is 0 Å². The van der Waals surface area contributed by atoms with E-state index in [0.717, 1.165) is 26.1 Å². The van der Waals surface area contributed by atoms with E-state index < -0.39 is 0 Å². The molecule has 94 valence electrons. The first-order valence-electron chi connectivity index (χ1n) is 5.95. The molecule has 1 saturated heterocycles. The highest BCUT2D eigenvalue weighted by molar-refractivity contribution is 7.80. The molecule has 0 aromatic carbocycles. The molecule has 0 aliphatic carbocycles. The predicted molar refractivity (Wildman–Crippen MR) is 72.8 cm³/mol. The molecule has 16 heavy (non-hydrogen) atoms.